The number of hydrogen-bond acceptors (Lipinski definition) is 4. The highest BCUT2D eigenvalue weighted by atomic mass is 16.4. The molecule has 0 bridgehead atoms. The first-order valence-corrected chi connectivity index (χ1v) is 5.28. The third kappa shape index (κ3) is 3.18. The Hall–Kier alpha value is -1.14. The van der Waals surface area contributed by atoms with E-state index in [0.717, 1.165) is 0 Å². The van der Waals surface area contributed by atoms with E-state index in [1.54, 1.807) is 11.8 Å². The standard InChI is InChI=1S/C10H17NO5/c1-6(12)4-11-3-2-7(9(13)14)8(5-11)10(15)16/h6-8,12H,2-5H2,1H3,(H,13,14)(H,15,16). The van der Waals surface area contributed by atoms with Crippen LogP contribution in [0.4, 0.5) is 0 Å². The number of β-amino-alcohol motifs (C(OH)–C–C–N with tert-alkyl or cyclic N) is 1. The quantitative estimate of drug-likeness (QED) is 0.602. The molecule has 16 heavy (non-hydrogen) atoms. The molecule has 92 valence electrons. The van der Waals surface area contributed by atoms with Crippen LogP contribution in [0.3, 0.4) is 0 Å². The van der Waals surface area contributed by atoms with E-state index in [0.29, 0.717) is 19.5 Å². The van der Waals surface area contributed by atoms with Crippen LogP contribution in [0.5, 0.6) is 0 Å². The Kier molecular flexibility index (Phi) is 4.26. The lowest BCUT2D eigenvalue weighted by Gasteiger charge is -2.35. The highest BCUT2D eigenvalue weighted by Crippen LogP contribution is 2.24. The summed E-state index contributed by atoms with van der Waals surface area (Å²) < 4.78 is 0. The van der Waals surface area contributed by atoms with Crippen molar-refractivity contribution < 1.29 is 24.9 Å². The summed E-state index contributed by atoms with van der Waals surface area (Å²) >= 11 is 0. The van der Waals surface area contributed by atoms with E-state index in [9.17, 15) is 14.7 Å². The first-order chi connectivity index (χ1) is 7.41. The van der Waals surface area contributed by atoms with Crippen LogP contribution in [0, 0.1) is 11.8 Å². The molecule has 3 unspecified atom stereocenters. The fraction of sp³-hybridized carbons (Fsp3) is 0.800. The summed E-state index contributed by atoms with van der Waals surface area (Å²) in [6, 6.07) is 0. The van der Waals surface area contributed by atoms with Crippen LogP contribution in [0.15, 0.2) is 0 Å². The fourth-order valence-electron chi connectivity index (χ4n) is 2.10. The van der Waals surface area contributed by atoms with Crippen molar-refractivity contribution in [3.05, 3.63) is 0 Å². The van der Waals surface area contributed by atoms with E-state index in [-0.39, 0.29) is 6.54 Å². The predicted octanol–water partition coefficient (Wildman–Crippen LogP) is -0.525. The van der Waals surface area contributed by atoms with Gasteiger partial charge in [-0.3, -0.25) is 14.5 Å². The van der Waals surface area contributed by atoms with Crippen LogP contribution in [0.25, 0.3) is 0 Å². The van der Waals surface area contributed by atoms with Gasteiger partial charge in [-0.05, 0) is 19.9 Å². The van der Waals surface area contributed by atoms with Crippen LogP contribution in [0.2, 0.25) is 0 Å². The van der Waals surface area contributed by atoms with Crippen molar-refractivity contribution in [2.75, 3.05) is 19.6 Å². The van der Waals surface area contributed by atoms with Crippen molar-refractivity contribution in [2.45, 2.75) is 19.4 Å². The van der Waals surface area contributed by atoms with Gasteiger partial charge in [-0.1, -0.05) is 0 Å². The summed E-state index contributed by atoms with van der Waals surface area (Å²) in [6.07, 6.45) is -0.213. The van der Waals surface area contributed by atoms with Crippen LogP contribution in [-0.4, -0.2) is 57.9 Å². The first-order valence-electron chi connectivity index (χ1n) is 5.28. The number of carboxylic acids is 2. The molecule has 3 atom stereocenters. The molecule has 1 aliphatic heterocycles. The molecule has 0 saturated carbocycles. The third-order valence-corrected chi connectivity index (χ3v) is 2.85. The molecular formula is C10H17NO5. The molecule has 0 radical (unpaired) electrons. The van der Waals surface area contributed by atoms with Crippen LogP contribution < -0.4 is 0 Å². The minimum atomic E-state index is -1.08. The van der Waals surface area contributed by atoms with Gasteiger partial charge < -0.3 is 15.3 Å². The largest absolute Gasteiger partial charge is 0.481 e. The minimum Gasteiger partial charge on any atom is -0.481 e. The van der Waals surface area contributed by atoms with Gasteiger partial charge >= 0.3 is 11.9 Å². The maximum absolute atomic E-state index is 10.9. The van der Waals surface area contributed by atoms with E-state index in [2.05, 4.69) is 0 Å². The van der Waals surface area contributed by atoms with Crippen molar-refractivity contribution in [2.24, 2.45) is 11.8 Å². The van der Waals surface area contributed by atoms with E-state index >= 15 is 0 Å². The third-order valence-electron chi connectivity index (χ3n) is 2.85. The molecule has 1 fully saturated rings. The number of aliphatic hydroxyl groups is 1. The van der Waals surface area contributed by atoms with E-state index in [4.69, 9.17) is 10.2 Å². The summed E-state index contributed by atoms with van der Waals surface area (Å²) in [6.45, 7) is 2.72. The average molecular weight is 231 g/mol. The number of aliphatic hydroxyl groups excluding tert-OH is 1. The molecule has 1 saturated heterocycles. The zero-order chi connectivity index (χ0) is 12.3. The zero-order valence-electron chi connectivity index (χ0n) is 9.17. The van der Waals surface area contributed by atoms with Crippen molar-refractivity contribution in [1.82, 2.24) is 4.90 Å². The Balaban J connectivity index is 2.65. The SMILES string of the molecule is CC(O)CN1CCC(C(=O)O)C(C(=O)O)C1. The minimum absolute atomic E-state index is 0.192. The normalized spacial score (nSPS) is 28.6. The molecule has 0 amide bonds. The topological polar surface area (TPSA) is 98.1 Å². The Labute approximate surface area is 93.5 Å². The highest BCUT2D eigenvalue weighted by Gasteiger charge is 2.38. The molecule has 0 aromatic rings. The van der Waals surface area contributed by atoms with Gasteiger partial charge in [0.25, 0.3) is 0 Å². The van der Waals surface area contributed by atoms with Crippen molar-refractivity contribution in [3.63, 3.8) is 0 Å². The number of aliphatic carboxylic acids is 2. The zero-order valence-corrected chi connectivity index (χ0v) is 9.17. The maximum Gasteiger partial charge on any atom is 0.308 e. The molecule has 0 aliphatic carbocycles. The second kappa shape index (κ2) is 5.27. The molecule has 1 rings (SSSR count). The highest BCUT2D eigenvalue weighted by molar-refractivity contribution is 5.80. The van der Waals surface area contributed by atoms with E-state index in [1.807, 2.05) is 0 Å². The van der Waals surface area contributed by atoms with Gasteiger partial charge in [0, 0.05) is 13.1 Å². The van der Waals surface area contributed by atoms with Crippen LogP contribution in [0.1, 0.15) is 13.3 Å². The number of rotatable bonds is 4. The van der Waals surface area contributed by atoms with Gasteiger partial charge in [-0.15, -0.1) is 0 Å². The second-order valence-electron chi connectivity index (χ2n) is 4.29. The van der Waals surface area contributed by atoms with Gasteiger partial charge in [-0.2, -0.15) is 0 Å². The van der Waals surface area contributed by atoms with Gasteiger partial charge in [-0.25, -0.2) is 0 Å². The molecule has 1 heterocycles. The lowest BCUT2D eigenvalue weighted by Crippen LogP contribution is -2.48. The number of hydrogen-bond donors (Lipinski definition) is 3. The second-order valence-corrected chi connectivity index (χ2v) is 4.29. The number of carboxylic acid groups (broad SMARTS) is 2. The number of carbonyl (C=O) groups is 2. The van der Waals surface area contributed by atoms with Crippen molar-refractivity contribution in [3.8, 4) is 0 Å². The maximum atomic E-state index is 10.9. The first kappa shape index (κ1) is 12.9. The Morgan fingerprint density at radius 3 is 2.31 bits per heavy atom. The molecule has 0 spiro atoms. The summed E-state index contributed by atoms with van der Waals surface area (Å²) in [7, 11) is 0. The molecule has 6 heteroatoms. The van der Waals surface area contributed by atoms with Gasteiger partial charge in [0.15, 0.2) is 0 Å². The monoisotopic (exact) mass is 231 g/mol. The predicted molar refractivity (Wildman–Crippen MR) is 55.0 cm³/mol. The molecule has 1 aliphatic rings. The lowest BCUT2D eigenvalue weighted by molar-refractivity contribution is -0.157. The summed E-state index contributed by atoms with van der Waals surface area (Å²) in [5, 5.41) is 27.1. The fourth-order valence-corrected chi connectivity index (χ4v) is 2.10. The molecule has 3 N–H and O–H groups in total. The summed E-state index contributed by atoms with van der Waals surface area (Å²) in [5.41, 5.74) is 0. The molecular weight excluding hydrogens is 214 g/mol. The summed E-state index contributed by atoms with van der Waals surface area (Å²) in [5.74, 6) is -3.83. The number of piperidine rings is 1. The molecule has 6 nitrogen and oxygen atoms in total. The van der Waals surface area contributed by atoms with Crippen molar-refractivity contribution in [1.29, 1.82) is 0 Å². The lowest BCUT2D eigenvalue weighted by atomic mass is 9.85. The van der Waals surface area contributed by atoms with Crippen molar-refractivity contribution >= 4 is 11.9 Å². The Bertz CT molecular complexity index is 278. The Morgan fingerprint density at radius 1 is 1.31 bits per heavy atom. The summed E-state index contributed by atoms with van der Waals surface area (Å²) in [4.78, 5) is 23.6. The van der Waals surface area contributed by atoms with Gasteiger partial charge in [0.1, 0.15) is 0 Å². The Morgan fingerprint density at radius 2 is 1.88 bits per heavy atom. The van der Waals surface area contributed by atoms with Crippen LogP contribution >= 0.6 is 0 Å². The average Bonchev–Trinajstić information content (AvgIpc) is 2.16. The van der Waals surface area contributed by atoms with E-state index < -0.39 is 29.9 Å². The van der Waals surface area contributed by atoms with E-state index in [1.165, 1.54) is 0 Å². The molecule has 0 aromatic carbocycles. The number of likely N-dealkylation sites (tertiary alicyclic amines) is 1. The number of nitrogens with zero attached hydrogens (tertiary/aromatic N) is 1. The van der Waals surface area contributed by atoms with Crippen LogP contribution in [-0.2, 0) is 9.59 Å². The molecule has 0 aromatic heterocycles. The smallest absolute Gasteiger partial charge is 0.308 e. The van der Waals surface area contributed by atoms with Gasteiger partial charge in [0.05, 0.1) is 17.9 Å². The van der Waals surface area contributed by atoms with Gasteiger partial charge in [0.2, 0.25) is 0 Å².